The van der Waals surface area contributed by atoms with Gasteiger partial charge in [-0.2, -0.15) is 0 Å². The Labute approximate surface area is 189 Å². The lowest BCUT2D eigenvalue weighted by molar-refractivity contribution is -0.149. The molecule has 6 nitrogen and oxygen atoms in total. The summed E-state index contributed by atoms with van der Waals surface area (Å²) in [6.45, 7) is 3.89. The first-order chi connectivity index (χ1) is 15.3. The molecule has 2 atom stereocenters. The average Bonchev–Trinajstić information content (AvgIpc) is 2.82. The molecule has 3 rings (SSSR count). The van der Waals surface area contributed by atoms with Gasteiger partial charge >= 0.3 is 5.97 Å². The fourth-order valence-corrected chi connectivity index (χ4v) is 4.80. The van der Waals surface area contributed by atoms with E-state index in [4.69, 9.17) is 4.74 Å². The minimum absolute atomic E-state index is 0.124. The first-order valence-electron chi connectivity index (χ1n) is 10.3. The van der Waals surface area contributed by atoms with Gasteiger partial charge in [-0.25, -0.2) is 17.9 Å². The molecule has 32 heavy (non-hydrogen) atoms. The van der Waals surface area contributed by atoms with E-state index in [1.165, 1.54) is 7.11 Å². The van der Waals surface area contributed by atoms with Crippen LogP contribution in [0.2, 0.25) is 0 Å². The van der Waals surface area contributed by atoms with E-state index in [0.717, 1.165) is 11.1 Å². The van der Waals surface area contributed by atoms with Crippen molar-refractivity contribution in [2.24, 2.45) is 0 Å². The first kappa shape index (κ1) is 23.7. The van der Waals surface area contributed by atoms with Crippen molar-refractivity contribution in [3.05, 3.63) is 102 Å². The van der Waals surface area contributed by atoms with Gasteiger partial charge in [0.1, 0.15) is 5.54 Å². The number of rotatable bonds is 9. The van der Waals surface area contributed by atoms with Crippen LogP contribution < -0.4 is 10.0 Å². The van der Waals surface area contributed by atoms with Crippen LogP contribution in [0.15, 0.2) is 89.8 Å². The predicted molar refractivity (Wildman–Crippen MR) is 124 cm³/mol. The van der Waals surface area contributed by atoms with Gasteiger partial charge in [0, 0.05) is 6.54 Å². The van der Waals surface area contributed by atoms with E-state index in [1.807, 2.05) is 43.3 Å². The molecular formula is C25H28N2O4S. The molecule has 3 aromatic carbocycles. The normalized spacial score (nSPS) is 14.3. The van der Waals surface area contributed by atoms with Gasteiger partial charge in [-0.15, -0.1) is 0 Å². The van der Waals surface area contributed by atoms with E-state index in [0.29, 0.717) is 12.1 Å². The summed E-state index contributed by atoms with van der Waals surface area (Å²) >= 11 is 0. The zero-order valence-electron chi connectivity index (χ0n) is 18.4. The van der Waals surface area contributed by atoms with Crippen molar-refractivity contribution in [3.8, 4) is 0 Å². The molecule has 0 amide bonds. The standard InChI is InChI=1S/C25H28N2O4S/c1-19-14-16-22(17-15-19)32(29,30)27-23(21-12-8-5-9-13-21)25(2,24(28)31-3)26-18-20-10-6-4-7-11-20/h4-17,23,26-27H,18H2,1-3H3/t23-,25+/m0/s1. The molecule has 7 heteroatoms. The highest BCUT2D eigenvalue weighted by atomic mass is 32.2. The number of sulfonamides is 1. The Morgan fingerprint density at radius 3 is 2.06 bits per heavy atom. The highest BCUT2D eigenvalue weighted by molar-refractivity contribution is 7.89. The van der Waals surface area contributed by atoms with Crippen LogP contribution in [0.25, 0.3) is 0 Å². The van der Waals surface area contributed by atoms with Gasteiger partial charge in [0.2, 0.25) is 10.0 Å². The molecular weight excluding hydrogens is 424 g/mol. The number of aryl methyl sites for hydroxylation is 1. The number of ether oxygens (including phenoxy) is 1. The summed E-state index contributed by atoms with van der Waals surface area (Å²) in [7, 11) is -2.64. The lowest BCUT2D eigenvalue weighted by Gasteiger charge is -2.36. The van der Waals surface area contributed by atoms with Gasteiger partial charge in [-0.3, -0.25) is 5.32 Å². The summed E-state index contributed by atoms with van der Waals surface area (Å²) in [4.78, 5) is 13.1. The SMILES string of the molecule is COC(=O)[C@](C)(NCc1ccccc1)[C@@H](NS(=O)(=O)c1ccc(C)cc1)c1ccccc1. The van der Waals surface area contributed by atoms with Crippen molar-refractivity contribution in [3.63, 3.8) is 0 Å². The van der Waals surface area contributed by atoms with Crippen LogP contribution in [0, 0.1) is 6.92 Å². The number of hydrogen-bond acceptors (Lipinski definition) is 5. The predicted octanol–water partition coefficient (Wildman–Crippen LogP) is 3.74. The largest absolute Gasteiger partial charge is 0.468 e. The molecule has 0 fully saturated rings. The molecule has 0 aliphatic rings. The molecule has 0 aliphatic heterocycles. The summed E-state index contributed by atoms with van der Waals surface area (Å²) in [5.74, 6) is -0.575. The number of nitrogens with one attached hydrogen (secondary N) is 2. The second-order valence-corrected chi connectivity index (χ2v) is 9.53. The van der Waals surface area contributed by atoms with E-state index in [-0.39, 0.29) is 4.90 Å². The van der Waals surface area contributed by atoms with Crippen LogP contribution in [0.3, 0.4) is 0 Å². The molecule has 2 N–H and O–H groups in total. The zero-order chi connectivity index (χ0) is 23.2. The minimum Gasteiger partial charge on any atom is -0.468 e. The smallest absolute Gasteiger partial charge is 0.327 e. The maximum atomic E-state index is 13.3. The van der Waals surface area contributed by atoms with Crippen molar-refractivity contribution < 1.29 is 17.9 Å². The number of esters is 1. The van der Waals surface area contributed by atoms with Crippen LogP contribution in [-0.2, 0) is 26.1 Å². The Bertz CT molecular complexity index is 1130. The quantitative estimate of drug-likeness (QED) is 0.483. The molecule has 0 saturated heterocycles. The van der Waals surface area contributed by atoms with Crippen LogP contribution in [0.1, 0.15) is 29.7 Å². The van der Waals surface area contributed by atoms with Crippen molar-refractivity contribution >= 4 is 16.0 Å². The molecule has 0 aliphatic carbocycles. The molecule has 0 aromatic heterocycles. The van der Waals surface area contributed by atoms with E-state index in [1.54, 1.807) is 55.5 Å². The Kier molecular flexibility index (Phi) is 7.45. The third-order valence-electron chi connectivity index (χ3n) is 5.43. The number of carbonyl (C=O) groups is 1. The van der Waals surface area contributed by atoms with Crippen molar-refractivity contribution in [1.82, 2.24) is 10.0 Å². The van der Waals surface area contributed by atoms with E-state index < -0.39 is 27.6 Å². The third kappa shape index (κ3) is 5.43. The Balaban J connectivity index is 2.03. The highest BCUT2D eigenvalue weighted by Gasteiger charge is 2.45. The van der Waals surface area contributed by atoms with Gasteiger partial charge in [-0.05, 0) is 37.1 Å². The monoisotopic (exact) mass is 452 g/mol. The van der Waals surface area contributed by atoms with Crippen LogP contribution in [0.4, 0.5) is 0 Å². The molecule has 0 bridgehead atoms. The van der Waals surface area contributed by atoms with Gasteiger partial charge in [-0.1, -0.05) is 78.4 Å². The summed E-state index contributed by atoms with van der Waals surface area (Å²) in [6.07, 6.45) is 0. The molecule has 3 aromatic rings. The second-order valence-electron chi connectivity index (χ2n) is 7.81. The van der Waals surface area contributed by atoms with Crippen molar-refractivity contribution in [2.45, 2.75) is 36.9 Å². The number of carbonyl (C=O) groups excluding carboxylic acids is 1. The van der Waals surface area contributed by atoms with Gasteiger partial charge in [0.05, 0.1) is 18.0 Å². The molecule has 0 heterocycles. The molecule has 0 saturated carbocycles. The lowest BCUT2D eigenvalue weighted by Crippen LogP contribution is -2.58. The average molecular weight is 453 g/mol. The topological polar surface area (TPSA) is 84.5 Å². The van der Waals surface area contributed by atoms with E-state index >= 15 is 0 Å². The summed E-state index contributed by atoms with van der Waals surface area (Å²) in [5, 5.41) is 3.24. The fraction of sp³-hybridized carbons (Fsp3) is 0.240. The summed E-state index contributed by atoms with van der Waals surface area (Å²) in [5.41, 5.74) is 1.16. The fourth-order valence-electron chi connectivity index (χ4n) is 3.49. The van der Waals surface area contributed by atoms with Crippen LogP contribution >= 0.6 is 0 Å². The number of hydrogen-bond donors (Lipinski definition) is 2. The molecule has 0 unspecified atom stereocenters. The van der Waals surface area contributed by atoms with Gasteiger partial charge in [0.15, 0.2) is 0 Å². The van der Waals surface area contributed by atoms with Crippen molar-refractivity contribution in [2.75, 3.05) is 7.11 Å². The first-order valence-corrected chi connectivity index (χ1v) is 11.8. The third-order valence-corrected chi connectivity index (χ3v) is 6.87. The van der Waals surface area contributed by atoms with Gasteiger partial charge < -0.3 is 4.74 Å². The van der Waals surface area contributed by atoms with Crippen molar-refractivity contribution in [1.29, 1.82) is 0 Å². The highest BCUT2D eigenvalue weighted by Crippen LogP contribution is 2.30. The van der Waals surface area contributed by atoms with Crippen LogP contribution in [-0.4, -0.2) is 27.0 Å². The second kappa shape index (κ2) is 10.1. The number of methoxy groups -OCH3 is 1. The Morgan fingerprint density at radius 1 is 0.938 bits per heavy atom. The lowest BCUT2D eigenvalue weighted by atomic mass is 9.87. The van der Waals surface area contributed by atoms with Crippen LogP contribution in [0.5, 0.6) is 0 Å². The number of benzene rings is 3. The molecule has 0 spiro atoms. The maximum Gasteiger partial charge on any atom is 0.327 e. The van der Waals surface area contributed by atoms with E-state index in [9.17, 15) is 13.2 Å². The Morgan fingerprint density at radius 2 is 1.50 bits per heavy atom. The molecule has 168 valence electrons. The Hall–Kier alpha value is -3.00. The zero-order valence-corrected chi connectivity index (χ0v) is 19.2. The van der Waals surface area contributed by atoms with Gasteiger partial charge in [0.25, 0.3) is 0 Å². The van der Waals surface area contributed by atoms with E-state index in [2.05, 4.69) is 10.0 Å². The minimum atomic E-state index is -3.93. The maximum absolute atomic E-state index is 13.3. The summed E-state index contributed by atoms with van der Waals surface area (Å²) in [6, 6.07) is 24.2. The molecule has 0 radical (unpaired) electrons. The summed E-state index contributed by atoms with van der Waals surface area (Å²) < 4.78 is 34.4.